The van der Waals surface area contributed by atoms with E-state index in [9.17, 15) is 15.2 Å². The van der Waals surface area contributed by atoms with Crippen LogP contribution in [-0.2, 0) is 0 Å². The molecule has 2 atom stereocenters. The van der Waals surface area contributed by atoms with Crippen LogP contribution >= 0.6 is 11.3 Å². The van der Waals surface area contributed by atoms with E-state index in [1.165, 1.54) is 23.8 Å². The van der Waals surface area contributed by atoms with Gasteiger partial charge in [-0.25, -0.2) is 0 Å². The minimum atomic E-state index is -0.671. The van der Waals surface area contributed by atoms with Crippen LogP contribution in [-0.4, -0.2) is 48.2 Å². The van der Waals surface area contributed by atoms with Gasteiger partial charge in [0.1, 0.15) is 0 Å². The molecule has 2 rings (SSSR count). The molecule has 0 amide bonds. The van der Waals surface area contributed by atoms with Crippen molar-refractivity contribution >= 4 is 22.0 Å². The van der Waals surface area contributed by atoms with Crippen molar-refractivity contribution in [1.82, 2.24) is 4.90 Å². The van der Waals surface area contributed by atoms with Crippen LogP contribution in [0.1, 0.15) is 30.7 Å². The maximum absolute atomic E-state index is 11.2. The van der Waals surface area contributed by atoms with E-state index in [4.69, 9.17) is 0 Å². The Morgan fingerprint density at radius 2 is 2.40 bits per heavy atom. The summed E-state index contributed by atoms with van der Waals surface area (Å²) in [6.45, 7) is 3.49. The molecule has 0 aromatic carbocycles. The first kappa shape index (κ1) is 15.2. The molecule has 1 saturated heterocycles. The van der Waals surface area contributed by atoms with Crippen LogP contribution in [0.25, 0.3) is 0 Å². The first-order valence-corrected chi connectivity index (χ1v) is 7.59. The smallest absolute Gasteiger partial charge is 0.304 e. The molecule has 6 nitrogen and oxygen atoms in total. The lowest BCUT2D eigenvalue weighted by molar-refractivity contribution is -0.383. The fourth-order valence-electron chi connectivity index (χ4n) is 2.61. The topological polar surface area (TPSA) is 69.8 Å². The monoisotopic (exact) mass is 299 g/mol. The first-order chi connectivity index (χ1) is 9.40. The lowest BCUT2D eigenvalue weighted by Crippen LogP contribution is -2.36. The predicted octanol–water partition coefficient (Wildman–Crippen LogP) is 2.24. The number of likely N-dealkylation sites (tertiary alicyclic amines) is 1. The van der Waals surface area contributed by atoms with Crippen LogP contribution in [0, 0.1) is 10.1 Å². The quantitative estimate of drug-likeness (QED) is 0.667. The molecule has 0 radical (unpaired) electrons. The van der Waals surface area contributed by atoms with E-state index in [-0.39, 0.29) is 10.6 Å². The zero-order chi connectivity index (χ0) is 14.9. The van der Waals surface area contributed by atoms with E-state index in [0.29, 0.717) is 15.9 Å². The number of hydrogen-bond acceptors (Lipinski definition) is 6. The third-order valence-corrected chi connectivity index (χ3v) is 5.23. The number of hydrogen-bond donors (Lipinski definition) is 1. The number of aliphatic hydroxyl groups is 1. The van der Waals surface area contributed by atoms with Gasteiger partial charge in [-0.3, -0.25) is 10.1 Å². The molecule has 1 fully saturated rings. The van der Waals surface area contributed by atoms with E-state index in [0.717, 1.165) is 19.5 Å². The van der Waals surface area contributed by atoms with Crippen LogP contribution in [0.4, 0.5) is 10.7 Å². The third kappa shape index (κ3) is 3.11. The minimum Gasteiger partial charge on any atom is -0.388 e. The van der Waals surface area contributed by atoms with Crippen molar-refractivity contribution in [3.8, 4) is 0 Å². The van der Waals surface area contributed by atoms with Crippen molar-refractivity contribution in [2.45, 2.75) is 31.9 Å². The highest BCUT2D eigenvalue weighted by Gasteiger charge is 2.27. The molecule has 2 heterocycles. The molecule has 1 aromatic rings. The van der Waals surface area contributed by atoms with Gasteiger partial charge in [0.25, 0.3) is 0 Å². The molecular formula is C13H21N3O3S. The van der Waals surface area contributed by atoms with Crippen molar-refractivity contribution in [2.75, 3.05) is 32.1 Å². The molecule has 0 spiro atoms. The maximum Gasteiger partial charge on any atom is 0.304 e. The molecule has 7 heteroatoms. The summed E-state index contributed by atoms with van der Waals surface area (Å²) in [5.74, 6) is 0. The Labute approximate surface area is 122 Å². The summed E-state index contributed by atoms with van der Waals surface area (Å²) < 4.78 is 0. The van der Waals surface area contributed by atoms with Crippen LogP contribution in [0.15, 0.2) is 6.07 Å². The van der Waals surface area contributed by atoms with Gasteiger partial charge >= 0.3 is 5.69 Å². The SMILES string of the molecule is CC(O)c1cc([N+](=O)[O-])c(N(C)CC2CCCN2C)s1. The summed E-state index contributed by atoms with van der Waals surface area (Å²) >= 11 is 1.30. The first-order valence-electron chi connectivity index (χ1n) is 6.77. The Balaban J connectivity index is 2.19. The van der Waals surface area contributed by atoms with Crippen molar-refractivity contribution in [2.24, 2.45) is 0 Å². The second-order valence-electron chi connectivity index (χ2n) is 5.43. The van der Waals surface area contributed by atoms with Crippen molar-refractivity contribution in [1.29, 1.82) is 0 Å². The summed E-state index contributed by atoms with van der Waals surface area (Å²) in [6, 6.07) is 1.93. The normalized spacial score (nSPS) is 21.1. The third-order valence-electron chi connectivity index (χ3n) is 3.82. The van der Waals surface area contributed by atoms with Gasteiger partial charge in [-0.1, -0.05) is 0 Å². The molecule has 112 valence electrons. The summed E-state index contributed by atoms with van der Waals surface area (Å²) in [4.78, 5) is 15.7. The highest BCUT2D eigenvalue weighted by Crippen LogP contribution is 2.39. The van der Waals surface area contributed by atoms with Crippen molar-refractivity contribution in [3.63, 3.8) is 0 Å². The standard InChI is InChI=1S/C13H21N3O3S/c1-9(17)12-7-11(16(18)19)13(20-12)15(3)8-10-5-4-6-14(10)2/h7,9-10,17H,4-6,8H2,1-3H3. The number of anilines is 1. The number of nitrogens with zero attached hydrogens (tertiary/aromatic N) is 3. The van der Waals surface area contributed by atoms with E-state index in [1.54, 1.807) is 6.92 Å². The van der Waals surface area contributed by atoms with Crippen LogP contribution in [0.3, 0.4) is 0 Å². The zero-order valence-corrected chi connectivity index (χ0v) is 12.9. The van der Waals surface area contributed by atoms with E-state index < -0.39 is 6.10 Å². The Morgan fingerprint density at radius 3 is 2.90 bits per heavy atom. The maximum atomic E-state index is 11.2. The summed E-state index contributed by atoms with van der Waals surface area (Å²) in [5, 5.41) is 21.4. The van der Waals surface area contributed by atoms with Gasteiger partial charge < -0.3 is 14.9 Å². The van der Waals surface area contributed by atoms with Crippen molar-refractivity contribution in [3.05, 3.63) is 21.1 Å². The molecule has 0 aliphatic carbocycles. The van der Waals surface area contributed by atoms with Gasteiger partial charge in [0, 0.05) is 30.6 Å². The molecule has 0 bridgehead atoms. The van der Waals surface area contributed by atoms with Gasteiger partial charge in [0.2, 0.25) is 0 Å². The van der Waals surface area contributed by atoms with E-state index >= 15 is 0 Å². The molecule has 1 N–H and O–H groups in total. The molecule has 0 saturated carbocycles. The fraction of sp³-hybridized carbons (Fsp3) is 0.692. The number of rotatable bonds is 5. The number of aliphatic hydroxyl groups excluding tert-OH is 1. The van der Waals surface area contributed by atoms with Gasteiger partial charge in [-0.15, -0.1) is 11.3 Å². The number of likely N-dealkylation sites (N-methyl/N-ethyl adjacent to an activating group) is 2. The van der Waals surface area contributed by atoms with E-state index in [1.807, 2.05) is 11.9 Å². The van der Waals surface area contributed by atoms with Crippen LogP contribution in [0.5, 0.6) is 0 Å². The van der Waals surface area contributed by atoms with Crippen LogP contribution in [0.2, 0.25) is 0 Å². The second-order valence-corrected chi connectivity index (χ2v) is 6.49. The number of nitro groups is 1. The average Bonchev–Trinajstić information content (AvgIpc) is 2.96. The molecular weight excluding hydrogens is 278 g/mol. The summed E-state index contributed by atoms with van der Waals surface area (Å²) in [6.07, 6.45) is 1.64. The average molecular weight is 299 g/mol. The van der Waals surface area contributed by atoms with Gasteiger partial charge in [-0.2, -0.15) is 0 Å². The van der Waals surface area contributed by atoms with E-state index in [2.05, 4.69) is 11.9 Å². The zero-order valence-electron chi connectivity index (χ0n) is 12.1. The fourth-order valence-corrected chi connectivity index (χ4v) is 3.64. The molecule has 1 aromatic heterocycles. The summed E-state index contributed by atoms with van der Waals surface area (Å²) in [5.41, 5.74) is 0.0917. The Kier molecular flexibility index (Phi) is 4.62. The van der Waals surface area contributed by atoms with Crippen LogP contribution < -0.4 is 4.90 Å². The Bertz CT molecular complexity index is 489. The molecule has 1 aliphatic heterocycles. The number of thiophene rings is 1. The molecule has 1 aliphatic rings. The molecule has 2 unspecified atom stereocenters. The molecule has 20 heavy (non-hydrogen) atoms. The van der Waals surface area contributed by atoms with Crippen molar-refractivity contribution < 1.29 is 10.0 Å². The minimum absolute atomic E-state index is 0.0917. The Morgan fingerprint density at radius 1 is 1.70 bits per heavy atom. The highest BCUT2D eigenvalue weighted by atomic mass is 32.1. The largest absolute Gasteiger partial charge is 0.388 e. The predicted molar refractivity (Wildman–Crippen MR) is 80.5 cm³/mol. The van der Waals surface area contributed by atoms with Gasteiger partial charge in [0.15, 0.2) is 5.00 Å². The lowest BCUT2D eigenvalue weighted by Gasteiger charge is -2.25. The summed E-state index contributed by atoms with van der Waals surface area (Å²) in [7, 11) is 3.98. The lowest BCUT2D eigenvalue weighted by atomic mass is 10.2. The second kappa shape index (κ2) is 6.07. The van der Waals surface area contributed by atoms with Gasteiger partial charge in [0.05, 0.1) is 11.0 Å². The highest BCUT2D eigenvalue weighted by molar-refractivity contribution is 7.16. The Hall–Kier alpha value is -1.18. The van der Waals surface area contributed by atoms with Gasteiger partial charge in [-0.05, 0) is 33.4 Å².